The molecular formula is C17H21BrFN3O. The standard InChI is InChI=1S/C17H21BrFN3O/c1-22(7-8-23-2)12-13-5-6-20-17(9-13)21-11-14-10-15(18)3-4-16(14)19/h3-6,9-10H,7-8,11-12H2,1-2H3,(H,20,21). The number of halogens is 2. The van der Waals surface area contributed by atoms with Gasteiger partial charge >= 0.3 is 0 Å². The molecule has 0 unspecified atom stereocenters. The number of nitrogens with zero attached hydrogens (tertiary/aromatic N) is 2. The van der Waals surface area contributed by atoms with Gasteiger partial charge in [-0.2, -0.15) is 0 Å². The van der Waals surface area contributed by atoms with Crippen molar-refractivity contribution in [3.8, 4) is 0 Å². The molecule has 1 heterocycles. The van der Waals surface area contributed by atoms with Gasteiger partial charge in [-0.1, -0.05) is 15.9 Å². The van der Waals surface area contributed by atoms with Gasteiger partial charge in [0.25, 0.3) is 0 Å². The van der Waals surface area contributed by atoms with E-state index in [2.05, 4.69) is 31.1 Å². The Morgan fingerprint density at radius 2 is 2.13 bits per heavy atom. The van der Waals surface area contributed by atoms with Crippen molar-refractivity contribution < 1.29 is 9.13 Å². The quantitative estimate of drug-likeness (QED) is 0.756. The van der Waals surface area contributed by atoms with Crippen molar-refractivity contribution in [1.82, 2.24) is 9.88 Å². The third kappa shape index (κ3) is 5.89. The Balaban J connectivity index is 1.95. The Bertz CT molecular complexity index is 639. The number of nitrogens with one attached hydrogen (secondary N) is 1. The molecule has 0 aliphatic heterocycles. The summed E-state index contributed by atoms with van der Waals surface area (Å²) >= 11 is 3.36. The molecule has 0 aliphatic carbocycles. The zero-order valence-corrected chi connectivity index (χ0v) is 14.9. The fraction of sp³-hybridized carbons (Fsp3) is 0.353. The summed E-state index contributed by atoms with van der Waals surface area (Å²) in [5.41, 5.74) is 1.75. The van der Waals surface area contributed by atoms with Gasteiger partial charge in [-0.3, -0.25) is 4.90 Å². The Morgan fingerprint density at radius 1 is 1.30 bits per heavy atom. The first-order chi connectivity index (χ1) is 11.1. The topological polar surface area (TPSA) is 37.4 Å². The summed E-state index contributed by atoms with van der Waals surface area (Å²) in [6.45, 7) is 2.77. The van der Waals surface area contributed by atoms with Crippen LogP contribution in [0.1, 0.15) is 11.1 Å². The number of aromatic nitrogens is 1. The van der Waals surface area contributed by atoms with E-state index in [4.69, 9.17) is 4.74 Å². The van der Waals surface area contributed by atoms with Gasteiger partial charge in [-0.15, -0.1) is 0 Å². The van der Waals surface area contributed by atoms with E-state index in [1.165, 1.54) is 6.07 Å². The second-order valence-corrected chi connectivity index (χ2v) is 6.28. The first-order valence-electron chi connectivity index (χ1n) is 7.38. The minimum Gasteiger partial charge on any atom is -0.383 e. The fourth-order valence-corrected chi connectivity index (χ4v) is 2.58. The van der Waals surface area contributed by atoms with Gasteiger partial charge in [0.2, 0.25) is 0 Å². The maximum atomic E-state index is 13.7. The van der Waals surface area contributed by atoms with E-state index >= 15 is 0 Å². The highest BCUT2D eigenvalue weighted by molar-refractivity contribution is 9.10. The minimum atomic E-state index is -0.226. The molecule has 2 aromatic rings. The summed E-state index contributed by atoms with van der Waals surface area (Å²) in [5, 5.41) is 3.17. The second kappa shape index (κ2) is 8.96. The predicted molar refractivity (Wildman–Crippen MR) is 93.9 cm³/mol. The molecule has 0 aliphatic rings. The molecule has 1 aromatic heterocycles. The molecule has 0 fully saturated rings. The van der Waals surface area contributed by atoms with Crippen molar-refractivity contribution in [3.05, 3.63) is 57.9 Å². The van der Waals surface area contributed by atoms with Gasteiger partial charge in [-0.05, 0) is 42.9 Å². The maximum Gasteiger partial charge on any atom is 0.128 e. The highest BCUT2D eigenvalue weighted by Crippen LogP contribution is 2.17. The number of pyridine rings is 1. The minimum absolute atomic E-state index is 0.226. The summed E-state index contributed by atoms with van der Waals surface area (Å²) in [6, 6.07) is 8.88. The number of methoxy groups -OCH3 is 1. The second-order valence-electron chi connectivity index (χ2n) is 5.37. The Hall–Kier alpha value is -1.50. The third-order valence-electron chi connectivity index (χ3n) is 3.42. The molecule has 0 spiro atoms. The summed E-state index contributed by atoms with van der Waals surface area (Å²) < 4.78 is 19.7. The smallest absolute Gasteiger partial charge is 0.128 e. The van der Waals surface area contributed by atoms with E-state index in [1.54, 1.807) is 25.4 Å². The third-order valence-corrected chi connectivity index (χ3v) is 3.91. The zero-order chi connectivity index (χ0) is 16.7. The summed E-state index contributed by atoms with van der Waals surface area (Å²) in [4.78, 5) is 6.46. The van der Waals surface area contributed by atoms with Gasteiger partial charge < -0.3 is 10.1 Å². The number of hydrogen-bond donors (Lipinski definition) is 1. The Labute approximate surface area is 144 Å². The monoisotopic (exact) mass is 381 g/mol. The average molecular weight is 382 g/mol. The highest BCUT2D eigenvalue weighted by atomic mass is 79.9. The van der Waals surface area contributed by atoms with Crippen LogP contribution in [0, 0.1) is 5.82 Å². The number of likely N-dealkylation sites (N-methyl/N-ethyl adjacent to an activating group) is 1. The molecule has 23 heavy (non-hydrogen) atoms. The van der Waals surface area contributed by atoms with Crippen LogP contribution >= 0.6 is 15.9 Å². The van der Waals surface area contributed by atoms with Gasteiger partial charge in [0.05, 0.1) is 6.61 Å². The van der Waals surface area contributed by atoms with Gasteiger partial charge in [0, 0.05) is 43.0 Å². The molecule has 6 heteroatoms. The molecule has 0 radical (unpaired) electrons. The van der Waals surface area contributed by atoms with E-state index in [9.17, 15) is 4.39 Å². The van der Waals surface area contributed by atoms with Crippen molar-refractivity contribution in [2.45, 2.75) is 13.1 Å². The van der Waals surface area contributed by atoms with Crippen molar-refractivity contribution >= 4 is 21.7 Å². The fourth-order valence-electron chi connectivity index (χ4n) is 2.17. The van der Waals surface area contributed by atoms with Crippen LogP contribution in [0.15, 0.2) is 41.0 Å². The zero-order valence-electron chi connectivity index (χ0n) is 13.4. The molecule has 124 valence electrons. The van der Waals surface area contributed by atoms with Crippen molar-refractivity contribution in [2.75, 3.05) is 32.6 Å². The molecule has 2 rings (SSSR count). The highest BCUT2D eigenvalue weighted by Gasteiger charge is 2.05. The molecule has 0 bridgehead atoms. The lowest BCUT2D eigenvalue weighted by Gasteiger charge is -2.16. The maximum absolute atomic E-state index is 13.7. The molecule has 0 amide bonds. The predicted octanol–water partition coefficient (Wildman–Crippen LogP) is 3.67. The van der Waals surface area contributed by atoms with Crippen molar-refractivity contribution in [2.24, 2.45) is 0 Å². The average Bonchev–Trinajstić information content (AvgIpc) is 2.54. The SMILES string of the molecule is COCCN(C)Cc1ccnc(NCc2cc(Br)ccc2F)c1. The van der Waals surface area contributed by atoms with Crippen LogP contribution in [0.5, 0.6) is 0 Å². The normalized spacial score (nSPS) is 11.0. The van der Waals surface area contributed by atoms with E-state index in [0.29, 0.717) is 18.7 Å². The molecule has 1 N–H and O–H groups in total. The summed E-state index contributed by atoms with van der Waals surface area (Å²) in [7, 11) is 3.74. The first kappa shape index (κ1) is 17.8. The van der Waals surface area contributed by atoms with Crippen LogP contribution in [-0.4, -0.2) is 37.2 Å². The van der Waals surface area contributed by atoms with Crippen molar-refractivity contribution in [1.29, 1.82) is 0 Å². The Morgan fingerprint density at radius 3 is 2.91 bits per heavy atom. The number of benzene rings is 1. The molecule has 0 saturated heterocycles. The largest absolute Gasteiger partial charge is 0.383 e. The van der Waals surface area contributed by atoms with E-state index in [0.717, 1.165) is 28.9 Å². The molecular weight excluding hydrogens is 361 g/mol. The van der Waals surface area contributed by atoms with Gasteiger partial charge in [-0.25, -0.2) is 9.37 Å². The molecule has 1 aromatic carbocycles. The van der Waals surface area contributed by atoms with Crippen LogP contribution in [0.25, 0.3) is 0 Å². The van der Waals surface area contributed by atoms with Crippen molar-refractivity contribution in [3.63, 3.8) is 0 Å². The van der Waals surface area contributed by atoms with E-state index in [1.807, 2.05) is 19.2 Å². The number of anilines is 1. The van der Waals surface area contributed by atoms with Gasteiger partial charge in [0.15, 0.2) is 0 Å². The molecule has 4 nitrogen and oxygen atoms in total. The lowest BCUT2D eigenvalue weighted by Crippen LogP contribution is -2.22. The molecule has 0 saturated carbocycles. The van der Waals surface area contributed by atoms with Crippen LogP contribution in [0.3, 0.4) is 0 Å². The van der Waals surface area contributed by atoms with Crippen LogP contribution in [-0.2, 0) is 17.8 Å². The number of hydrogen-bond acceptors (Lipinski definition) is 4. The first-order valence-corrected chi connectivity index (χ1v) is 8.18. The van der Waals surface area contributed by atoms with Crippen LogP contribution in [0.4, 0.5) is 10.2 Å². The van der Waals surface area contributed by atoms with Gasteiger partial charge in [0.1, 0.15) is 11.6 Å². The summed E-state index contributed by atoms with van der Waals surface area (Å²) in [6.07, 6.45) is 1.76. The number of rotatable bonds is 8. The van der Waals surface area contributed by atoms with E-state index < -0.39 is 0 Å². The number of ether oxygens (including phenoxy) is 1. The van der Waals surface area contributed by atoms with Crippen LogP contribution < -0.4 is 5.32 Å². The lowest BCUT2D eigenvalue weighted by molar-refractivity contribution is 0.158. The molecule has 0 atom stereocenters. The summed E-state index contributed by atoms with van der Waals surface area (Å²) in [5.74, 6) is 0.512. The Kier molecular flexibility index (Phi) is 6.95. The van der Waals surface area contributed by atoms with Crippen LogP contribution in [0.2, 0.25) is 0 Å². The lowest BCUT2D eigenvalue weighted by atomic mass is 10.2. The van der Waals surface area contributed by atoms with E-state index in [-0.39, 0.29) is 5.82 Å².